The van der Waals surface area contributed by atoms with Crippen molar-refractivity contribution in [1.29, 1.82) is 0 Å². The van der Waals surface area contributed by atoms with Crippen molar-refractivity contribution in [3.05, 3.63) is 138 Å². The maximum Gasteiger partial charge on any atom is 0.407 e. The highest BCUT2D eigenvalue weighted by atomic mass is 16.5. The number of ether oxygens (including phenoxy) is 1. The summed E-state index contributed by atoms with van der Waals surface area (Å²) in [7, 11) is 0. The molecular formula is C35H37N3O5. The first-order chi connectivity index (χ1) is 20.9. The van der Waals surface area contributed by atoms with Crippen molar-refractivity contribution in [2.24, 2.45) is 0 Å². The van der Waals surface area contributed by atoms with Crippen LogP contribution in [0, 0.1) is 0 Å². The Morgan fingerprint density at radius 2 is 1.26 bits per heavy atom. The lowest BCUT2D eigenvalue weighted by Gasteiger charge is -2.25. The van der Waals surface area contributed by atoms with Gasteiger partial charge in [0, 0.05) is 6.54 Å². The number of carbonyl (C=O) groups is 3. The van der Waals surface area contributed by atoms with Crippen LogP contribution in [-0.2, 0) is 20.9 Å². The van der Waals surface area contributed by atoms with Crippen LogP contribution in [0.1, 0.15) is 54.0 Å². The highest BCUT2D eigenvalue weighted by Crippen LogP contribution is 2.25. The van der Waals surface area contributed by atoms with Crippen LogP contribution in [0.15, 0.2) is 115 Å². The zero-order valence-electron chi connectivity index (χ0n) is 24.1. The number of benzene rings is 4. The van der Waals surface area contributed by atoms with Gasteiger partial charge in [0.1, 0.15) is 18.4 Å². The molecule has 0 radical (unpaired) electrons. The van der Waals surface area contributed by atoms with E-state index in [1.165, 1.54) is 0 Å². The van der Waals surface area contributed by atoms with Gasteiger partial charge in [-0.3, -0.25) is 9.59 Å². The monoisotopic (exact) mass is 579 g/mol. The Bertz CT molecular complexity index is 1410. The third kappa shape index (κ3) is 9.46. The topological polar surface area (TPSA) is 117 Å². The quantitative estimate of drug-likeness (QED) is 0.154. The fraction of sp³-hybridized carbons (Fsp3) is 0.229. The van der Waals surface area contributed by atoms with Gasteiger partial charge in [-0.05, 0) is 54.2 Å². The van der Waals surface area contributed by atoms with Gasteiger partial charge in [0.15, 0.2) is 0 Å². The number of phenols is 1. The molecule has 0 unspecified atom stereocenters. The van der Waals surface area contributed by atoms with Gasteiger partial charge in [0.05, 0.1) is 12.0 Å². The SMILES string of the molecule is C[C@@H](NC(=O)[C@H](CCCNC(=O)OCc1ccccc1)NC(=O)C(c1ccccc1)c1ccccc1)c1ccc(O)cc1. The third-order valence-corrected chi connectivity index (χ3v) is 7.06. The van der Waals surface area contributed by atoms with Crippen LogP contribution >= 0.6 is 0 Å². The van der Waals surface area contributed by atoms with E-state index in [0.29, 0.717) is 6.42 Å². The Balaban J connectivity index is 1.43. The van der Waals surface area contributed by atoms with Crippen LogP contribution in [0.2, 0.25) is 0 Å². The van der Waals surface area contributed by atoms with Gasteiger partial charge in [-0.15, -0.1) is 0 Å². The van der Waals surface area contributed by atoms with Crippen molar-refractivity contribution in [2.45, 2.75) is 44.4 Å². The number of hydrogen-bond acceptors (Lipinski definition) is 5. The van der Waals surface area contributed by atoms with E-state index in [2.05, 4.69) is 16.0 Å². The molecule has 0 aromatic heterocycles. The molecule has 0 heterocycles. The Hall–Kier alpha value is -5.11. The van der Waals surface area contributed by atoms with Crippen LogP contribution < -0.4 is 16.0 Å². The van der Waals surface area contributed by atoms with E-state index >= 15 is 0 Å². The summed E-state index contributed by atoms with van der Waals surface area (Å²) < 4.78 is 5.27. The molecule has 222 valence electrons. The van der Waals surface area contributed by atoms with Crippen molar-refractivity contribution in [3.63, 3.8) is 0 Å². The zero-order chi connectivity index (χ0) is 30.4. The Labute approximate surface area is 252 Å². The van der Waals surface area contributed by atoms with E-state index in [0.717, 1.165) is 22.3 Å². The second-order valence-electron chi connectivity index (χ2n) is 10.3. The maximum absolute atomic E-state index is 13.8. The minimum absolute atomic E-state index is 0.134. The predicted molar refractivity (Wildman–Crippen MR) is 165 cm³/mol. The molecule has 0 aliphatic carbocycles. The summed E-state index contributed by atoms with van der Waals surface area (Å²) in [6.07, 6.45) is 0.158. The normalized spacial score (nSPS) is 12.1. The lowest BCUT2D eigenvalue weighted by molar-refractivity contribution is -0.129. The molecule has 8 heteroatoms. The average Bonchev–Trinajstić information content (AvgIpc) is 3.03. The number of nitrogens with one attached hydrogen (secondary N) is 3. The van der Waals surface area contributed by atoms with E-state index < -0.39 is 18.1 Å². The van der Waals surface area contributed by atoms with Crippen molar-refractivity contribution >= 4 is 17.9 Å². The highest BCUT2D eigenvalue weighted by molar-refractivity contribution is 5.92. The highest BCUT2D eigenvalue weighted by Gasteiger charge is 2.28. The summed E-state index contributed by atoms with van der Waals surface area (Å²) >= 11 is 0. The lowest BCUT2D eigenvalue weighted by atomic mass is 9.90. The first-order valence-electron chi connectivity index (χ1n) is 14.3. The second-order valence-corrected chi connectivity index (χ2v) is 10.3. The number of amides is 3. The lowest BCUT2D eigenvalue weighted by Crippen LogP contribution is -2.49. The van der Waals surface area contributed by atoms with Crippen LogP contribution in [0.3, 0.4) is 0 Å². The number of carbonyl (C=O) groups excluding carboxylic acids is 3. The molecule has 0 spiro atoms. The summed E-state index contributed by atoms with van der Waals surface area (Å²) in [5.74, 6) is -1.13. The number of hydrogen-bond donors (Lipinski definition) is 4. The fourth-order valence-corrected chi connectivity index (χ4v) is 4.74. The van der Waals surface area contributed by atoms with E-state index in [1.807, 2.05) is 97.9 Å². The number of alkyl carbamates (subject to hydrolysis) is 1. The molecule has 4 rings (SSSR count). The molecule has 0 bridgehead atoms. The molecule has 3 amide bonds. The average molecular weight is 580 g/mol. The van der Waals surface area contributed by atoms with Gasteiger partial charge in [-0.25, -0.2) is 4.79 Å². The standard InChI is InChI=1S/C35H37N3O5/c1-25(27-19-21-30(39)22-20-27)37-33(40)31(18-11-23-36-35(42)43-24-26-12-5-2-6-13-26)38-34(41)32(28-14-7-3-8-15-28)29-16-9-4-10-17-29/h2-10,12-17,19-22,25,31-32,39H,11,18,23-24H2,1H3,(H,36,42)(H,37,40)(H,38,41)/t25-,31+/m1/s1. The molecule has 0 aliphatic rings. The molecule has 0 saturated carbocycles. The summed E-state index contributed by atoms with van der Waals surface area (Å²) in [6.45, 7) is 2.26. The molecule has 2 atom stereocenters. The molecule has 8 nitrogen and oxygen atoms in total. The molecule has 43 heavy (non-hydrogen) atoms. The van der Waals surface area contributed by atoms with E-state index in [-0.39, 0.29) is 43.2 Å². The molecular weight excluding hydrogens is 542 g/mol. The summed E-state index contributed by atoms with van der Waals surface area (Å²) in [4.78, 5) is 39.5. The summed E-state index contributed by atoms with van der Waals surface area (Å²) in [5, 5.41) is 18.3. The van der Waals surface area contributed by atoms with Gasteiger partial charge in [-0.2, -0.15) is 0 Å². The predicted octanol–water partition coefficient (Wildman–Crippen LogP) is 5.59. The van der Waals surface area contributed by atoms with Crippen molar-refractivity contribution in [1.82, 2.24) is 16.0 Å². The van der Waals surface area contributed by atoms with Crippen LogP contribution in [-0.4, -0.2) is 35.6 Å². The van der Waals surface area contributed by atoms with Crippen molar-refractivity contribution in [3.8, 4) is 5.75 Å². The summed E-state index contributed by atoms with van der Waals surface area (Å²) in [5.41, 5.74) is 3.31. The fourth-order valence-electron chi connectivity index (χ4n) is 4.74. The molecule has 4 N–H and O–H groups in total. The molecule has 0 aliphatic heterocycles. The Kier molecular flexibility index (Phi) is 11.3. The maximum atomic E-state index is 13.8. The van der Waals surface area contributed by atoms with Crippen molar-refractivity contribution in [2.75, 3.05) is 6.54 Å². The van der Waals surface area contributed by atoms with Crippen LogP contribution in [0.5, 0.6) is 5.75 Å². The van der Waals surface area contributed by atoms with E-state index in [4.69, 9.17) is 4.74 Å². The molecule has 0 saturated heterocycles. The Morgan fingerprint density at radius 3 is 1.84 bits per heavy atom. The van der Waals surface area contributed by atoms with Crippen LogP contribution in [0.25, 0.3) is 0 Å². The molecule has 4 aromatic rings. The number of phenolic OH excluding ortho intramolecular Hbond substituents is 1. The minimum Gasteiger partial charge on any atom is -0.508 e. The smallest absolute Gasteiger partial charge is 0.407 e. The first-order valence-corrected chi connectivity index (χ1v) is 14.3. The summed E-state index contributed by atoms with van der Waals surface area (Å²) in [6, 6.07) is 33.6. The first kappa shape index (κ1) is 30.8. The number of rotatable bonds is 13. The Morgan fingerprint density at radius 1 is 0.698 bits per heavy atom. The zero-order valence-corrected chi connectivity index (χ0v) is 24.1. The van der Waals surface area contributed by atoms with Gasteiger partial charge in [0.25, 0.3) is 0 Å². The van der Waals surface area contributed by atoms with Gasteiger partial charge in [-0.1, -0.05) is 103 Å². The van der Waals surface area contributed by atoms with Crippen molar-refractivity contribution < 1.29 is 24.2 Å². The van der Waals surface area contributed by atoms with E-state index in [9.17, 15) is 19.5 Å². The minimum atomic E-state index is -0.857. The number of aromatic hydroxyl groups is 1. The molecule has 0 fully saturated rings. The van der Waals surface area contributed by atoms with E-state index in [1.54, 1.807) is 24.3 Å². The largest absolute Gasteiger partial charge is 0.508 e. The van der Waals surface area contributed by atoms with Gasteiger partial charge >= 0.3 is 6.09 Å². The third-order valence-electron chi connectivity index (χ3n) is 7.06. The second kappa shape index (κ2) is 15.8. The van der Waals surface area contributed by atoms with Gasteiger partial charge in [0.2, 0.25) is 11.8 Å². The van der Waals surface area contributed by atoms with Gasteiger partial charge < -0.3 is 25.8 Å². The molecule has 4 aromatic carbocycles. The van der Waals surface area contributed by atoms with Crippen LogP contribution in [0.4, 0.5) is 4.79 Å².